The molecular weight excluding hydrogens is 396 g/mol. The van der Waals surface area contributed by atoms with Gasteiger partial charge in [-0.2, -0.15) is 0 Å². The molecule has 1 aliphatic heterocycles. The first-order valence-corrected chi connectivity index (χ1v) is 11.6. The minimum Gasteiger partial charge on any atom is -0.307 e. The Balaban J connectivity index is 1.60. The molecule has 0 unspecified atom stereocenters. The van der Waals surface area contributed by atoms with E-state index in [0.29, 0.717) is 11.6 Å². The number of aryl methyl sites for hydroxylation is 2. The van der Waals surface area contributed by atoms with Gasteiger partial charge in [0.2, 0.25) is 11.0 Å². The molecule has 1 aliphatic rings. The molecule has 6 nitrogen and oxygen atoms in total. The highest BCUT2D eigenvalue weighted by atomic mass is 32.1. The average molecular weight is 427 g/mol. The Morgan fingerprint density at radius 3 is 2.80 bits per heavy atom. The summed E-state index contributed by atoms with van der Waals surface area (Å²) in [6.45, 7) is 2.91. The molecule has 2 aromatic rings. The number of rotatable bonds is 10. The Labute approximate surface area is 182 Å². The van der Waals surface area contributed by atoms with E-state index in [4.69, 9.17) is 0 Å². The number of carbonyl (C=O) groups excluding carboxylic acids is 2. The number of amides is 1. The molecule has 0 bridgehead atoms. The maximum absolute atomic E-state index is 12.8. The molecule has 0 spiro atoms. The fourth-order valence-electron chi connectivity index (χ4n) is 3.61. The number of nitrogens with zero attached hydrogens (tertiary/aromatic N) is 2. The summed E-state index contributed by atoms with van der Waals surface area (Å²) in [6, 6.07) is 10.2. The molecule has 7 heteroatoms. The van der Waals surface area contributed by atoms with Crippen molar-refractivity contribution in [1.29, 1.82) is 0 Å². The number of hydrogen-bond acceptors (Lipinski definition) is 6. The van der Waals surface area contributed by atoms with Crippen molar-refractivity contribution in [2.75, 3.05) is 11.9 Å². The summed E-state index contributed by atoms with van der Waals surface area (Å²) < 4.78 is 0. The maximum Gasteiger partial charge on any atom is 0.249 e. The third kappa shape index (κ3) is 7.15. The molecule has 1 aromatic heterocycles. The fraction of sp³-hybridized carbons (Fsp3) is 0.478. The van der Waals surface area contributed by atoms with Gasteiger partial charge in [-0.15, -0.1) is 10.2 Å². The second-order valence-corrected chi connectivity index (χ2v) is 8.72. The molecule has 1 saturated heterocycles. The summed E-state index contributed by atoms with van der Waals surface area (Å²) >= 11 is 1.38. The molecule has 2 N–H and O–H groups in total. The van der Waals surface area contributed by atoms with Gasteiger partial charge < -0.3 is 5.32 Å². The number of hydrogen-bond donors (Lipinski definition) is 2. The lowest BCUT2D eigenvalue weighted by molar-refractivity contribution is -0.122. The van der Waals surface area contributed by atoms with Gasteiger partial charge in [0.1, 0.15) is 10.8 Å². The summed E-state index contributed by atoms with van der Waals surface area (Å²) in [5.74, 6) is 0.0316. The second kappa shape index (κ2) is 11.7. The molecule has 1 aromatic carbocycles. The molecular formula is C23H30N4O2S. The van der Waals surface area contributed by atoms with Crippen LogP contribution in [0.5, 0.6) is 0 Å². The number of nitrogens with one attached hydrogen (secondary N) is 2. The fourth-order valence-corrected chi connectivity index (χ4v) is 4.29. The van der Waals surface area contributed by atoms with Crippen molar-refractivity contribution in [3.05, 3.63) is 53.1 Å². The lowest BCUT2D eigenvalue weighted by Crippen LogP contribution is -2.41. The number of ketones is 1. The van der Waals surface area contributed by atoms with Gasteiger partial charge in [0, 0.05) is 6.42 Å². The number of carbonyl (C=O) groups is 2. The van der Waals surface area contributed by atoms with Crippen LogP contribution in [0.25, 0.3) is 0 Å². The van der Waals surface area contributed by atoms with Gasteiger partial charge in [0.05, 0.1) is 6.04 Å². The van der Waals surface area contributed by atoms with Crippen molar-refractivity contribution >= 4 is 28.2 Å². The number of piperidine rings is 1. The van der Waals surface area contributed by atoms with Gasteiger partial charge in [0.15, 0.2) is 0 Å². The zero-order valence-corrected chi connectivity index (χ0v) is 18.3. The number of aromatic nitrogens is 2. The molecule has 2 atom stereocenters. The standard InChI is InChI=1S/C23H30N4O2S/c1-2-22-26-27-23(30-22)25-21(29)14-13-18(12-11-17-8-4-3-5-9-17)16-20(28)19-10-6-7-15-24-19/h3-5,8-9,13-14,18-19,24H,2,6-7,10-12,15-16H2,1H3,(H,25,27,29)/b14-13+/t18-,19-/m0/s1. The predicted molar refractivity (Wildman–Crippen MR) is 121 cm³/mol. The first-order valence-electron chi connectivity index (χ1n) is 10.8. The smallest absolute Gasteiger partial charge is 0.249 e. The van der Waals surface area contributed by atoms with Crippen LogP contribution in [0.4, 0.5) is 5.13 Å². The zero-order valence-electron chi connectivity index (χ0n) is 17.5. The minimum absolute atomic E-state index is 0.0211. The van der Waals surface area contributed by atoms with E-state index in [0.717, 1.165) is 50.1 Å². The van der Waals surface area contributed by atoms with Crippen LogP contribution in [0.1, 0.15) is 49.6 Å². The number of allylic oxidation sites excluding steroid dienone is 1. The van der Waals surface area contributed by atoms with Gasteiger partial charge in [-0.25, -0.2) is 0 Å². The molecule has 0 radical (unpaired) electrons. The largest absolute Gasteiger partial charge is 0.307 e. The van der Waals surface area contributed by atoms with E-state index in [1.54, 1.807) is 0 Å². The van der Waals surface area contributed by atoms with E-state index in [9.17, 15) is 9.59 Å². The van der Waals surface area contributed by atoms with Crippen molar-refractivity contribution in [1.82, 2.24) is 15.5 Å². The quantitative estimate of drug-likeness (QED) is 0.562. The third-order valence-corrected chi connectivity index (χ3v) is 6.31. The van der Waals surface area contributed by atoms with Gasteiger partial charge >= 0.3 is 0 Å². The lowest BCUT2D eigenvalue weighted by atomic mass is 9.90. The predicted octanol–water partition coefficient (Wildman–Crippen LogP) is 3.95. The minimum atomic E-state index is -0.234. The van der Waals surface area contributed by atoms with Crippen LogP contribution in [-0.2, 0) is 22.4 Å². The van der Waals surface area contributed by atoms with Crippen LogP contribution in [0, 0.1) is 5.92 Å². The van der Waals surface area contributed by atoms with E-state index in [1.165, 1.54) is 23.0 Å². The highest BCUT2D eigenvalue weighted by molar-refractivity contribution is 7.15. The van der Waals surface area contributed by atoms with Crippen LogP contribution in [0.15, 0.2) is 42.5 Å². The Kier molecular flexibility index (Phi) is 8.71. The van der Waals surface area contributed by atoms with Crippen LogP contribution in [0.2, 0.25) is 0 Å². The first-order chi connectivity index (χ1) is 14.6. The first kappa shape index (κ1) is 22.3. The Morgan fingerprint density at radius 1 is 1.27 bits per heavy atom. The van der Waals surface area contributed by atoms with Crippen molar-refractivity contribution in [2.45, 2.75) is 57.9 Å². The normalized spacial score (nSPS) is 17.7. The lowest BCUT2D eigenvalue weighted by Gasteiger charge is -2.23. The summed E-state index contributed by atoms with van der Waals surface area (Å²) in [5.41, 5.74) is 1.24. The monoisotopic (exact) mass is 426 g/mol. The molecule has 160 valence electrons. The SMILES string of the molecule is CCc1nnc(NC(=O)/C=C/[C@H](CCc2ccccc2)CC(=O)[C@@H]2CCCCN2)s1. The van der Waals surface area contributed by atoms with Crippen molar-refractivity contribution in [3.63, 3.8) is 0 Å². The second-order valence-electron chi connectivity index (χ2n) is 7.66. The zero-order chi connectivity index (χ0) is 21.2. The van der Waals surface area contributed by atoms with E-state index >= 15 is 0 Å². The van der Waals surface area contributed by atoms with E-state index in [2.05, 4.69) is 33.0 Å². The molecule has 3 rings (SSSR count). The molecule has 0 saturated carbocycles. The van der Waals surface area contributed by atoms with Gasteiger partial charge in [-0.3, -0.25) is 14.9 Å². The third-order valence-electron chi connectivity index (χ3n) is 5.33. The van der Waals surface area contributed by atoms with Gasteiger partial charge in [-0.1, -0.05) is 61.1 Å². The summed E-state index contributed by atoms with van der Waals surface area (Å²) in [6.07, 6.45) is 9.49. The Morgan fingerprint density at radius 2 is 2.10 bits per heavy atom. The molecule has 30 heavy (non-hydrogen) atoms. The van der Waals surface area contributed by atoms with Gasteiger partial charge in [-0.05, 0) is 56.2 Å². The average Bonchev–Trinajstić information content (AvgIpc) is 3.24. The van der Waals surface area contributed by atoms with E-state index < -0.39 is 0 Å². The number of anilines is 1. The molecule has 0 aliphatic carbocycles. The maximum atomic E-state index is 12.8. The van der Waals surface area contributed by atoms with Crippen molar-refractivity contribution < 1.29 is 9.59 Å². The highest BCUT2D eigenvalue weighted by Crippen LogP contribution is 2.20. The number of Topliss-reactive ketones (excluding diaryl/α,β-unsaturated/α-hetero) is 1. The van der Waals surface area contributed by atoms with Crippen LogP contribution in [0.3, 0.4) is 0 Å². The number of benzene rings is 1. The molecule has 1 amide bonds. The van der Waals surface area contributed by atoms with Crippen LogP contribution in [-0.4, -0.2) is 34.5 Å². The topological polar surface area (TPSA) is 84.0 Å². The molecule has 1 fully saturated rings. The highest BCUT2D eigenvalue weighted by Gasteiger charge is 2.22. The van der Waals surface area contributed by atoms with E-state index in [1.807, 2.05) is 31.2 Å². The van der Waals surface area contributed by atoms with E-state index in [-0.39, 0.29) is 23.7 Å². The van der Waals surface area contributed by atoms with Crippen LogP contribution >= 0.6 is 11.3 Å². The molecule has 2 heterocycles. The van der Waals surface area contributed by atoms with Crippen molar-refractivity contribution in [3.8, 4) is 0 Å². The van der Waals surface area contributed by atoms with Gasteiger partial charge in [0.25, 0.3) is 0 Å². The van der Waals surface area contributed by atoms with Crippen molar-refractivity contribution in [2.24, 2.45) is 5.92 Å². The summed E-state index contributed by atoms with van der Waals surface area (Å²) in [5, 5.41) is 15.5. The summed E-state index contributed by atoms with van der Waals surface area (Å²) in [7, 11) is 0. The Bertz CT molecular complexity index is 844. The Hall–Kier alpha value is -2.38. The van der Waals surface area contributed by atoms with Crippen LogP contribution < -0.4 is 10.6 Å². The summed E-state index contributed by atoms with van der Waals surface area (Å²) in [4.78, 5) is 25.1.